The average Bonchev–Trinajstić information content (AvgIpc) is 2.60. The van der Waals surface area contributed by atoms with Gasteiger partial charge in [0.1, 0.15) is 0 Å². The van der Waals surface area contributed by atoms with Crippen LogP contribution in [0.15, 0.2) is 83.5 Å². The van der Waals surface area contributed by atoms with Gasteiger partial charge >= 0.3 is 0 Å². The Labute approximate surface area is 145 Å². The van der Waals surface area contributed by atoms with Crippen LogP contribution in [0.4, 0.5) is 5.69 Å². The Bertz CT molecular complexity index is 689. The third-order valence-electron chi connectivity index (χ3n) is 3.83. The van der Waals surface area contributed by atoms with Crippen molar-refractivity contribution in [1.82, 2.24) is 4.98 Å². The van der Waals surface area contributed by atoms with E-state index in [4.69, 9.17) is 0 Å². The van der Waals surface area contributed by atoms with E-state index in [9.17, 15) is 0 Å². The van der Waals surface area contributed by atoms with Crippen molar-refractivity contribution in [2.24, 2.45) is 0 Å². The van der Waals surface area contributed by atoms with Crippen molar-refractivity contribution in [3.05, 3.63) is 94.7 Å². The Balaban J connectivity index is 1.72. The smallest absolute Gasteiger partial charge is 0.0479 e. The van der Waals surface area contributed by atoms with Crippen molar-refractivity contribution < 1.29 is 0 Å². The quantitative estimate of drug-likeness (QED) is 0.624. The lowest BCUT2D eigenvalue weighted by atomic mass is 9.92. The fourth-order valence-corrected chi connectivity index (χ4v) is 3.11. The zero-order valence-electron chi connectivity index (χ0n) is 12.8. The molecule has 0 aliphatic heterocycles. The van der Waals surface area contributed by atoms with Crippen LogP contribution in [0.3, 0.4) is 0 Å². The molecule has 0 bridgehead atoms. The lowest BCUT2D eigenvalue weighted by Gasteiger charge is -2.18. The van der Waals surface area contributed by atoms with Gasteiger partial charge in [-0.15, -0.1) is 0 Å². The predicted molar refractivity (Wildman–Crippen MR) is 99.8 cm³/mol. The molecule has 3 aromatic rings. The molecular formula is C20H19BrN2. The van der Waals surface area contributed by atoms with Crippen molar-refractivity contribution >= 4 is 21.6 Å². The van der Waals surface area contributed by atoms with Gasteiger partial charge in [0.2, 0.25) is 0 Å². The van der Waals surface area contributed by atoms with Crippen LogP contribution >= 0.6 is 15.9 Å². The SMILES string of the molecule is Brc1cccc(NCC[C@H](c2ccccc2)c2ccccn2)c1. The van der Waals surface area contributed by atoms with Gasteiger partial charge in [0, 0.05) is 34.5 Å². The molecule has 0 saturated heterocycles. The highest BCUT2D eigenvalue weighted by molar-refractivity contribution is 9.10. The summed E-state index contributed by atoms with van der Waals surface area (Å²) in [7, 11) is 0. The molecule has 3 heteroatoms. The normalized spacial score (nSPS) is 11.9. The van der Waals surface area contributed by atoms with Crippen LogP contribution < -0.4 is 5.32 Å². The number of halogens is 1. The second kappa shape index (κ2) is 7.93. The molecule has 0 unspecified atom stereocenters. The highest BCUT2D eigenvalue weighted by atomic mass is 79.9. The number of pyridine rings is 1. The first-order valence-corrected chi connectivity index (χ1v) is 8.57. The first-order chi connectivity index (χ1) is 11.3. The molecule has 1 heterocycles. The summed E-state index contributed by atoms with van der Waals surface area (Å²) < 4.78 is 1.09. The molecule has 1 N–H and O–H groups in total. The summed E-state index contributed by atoms with van der Waals surface area (Å²) in [6.07, 6.45) is 2.86. The second-order valence-electron chi connectivity index (χ2n) is 5.44. The minimum absolute atomic E-state index is 0.303. The standard InChI is InChI=1S/C20H19BrN2/c21-17-9-6-10-18(15-17)22-14-12-19(16-7-2-1-3-8-16)20-11-4-5-13-23-20/h1-11,13,15,19,22H,12,14H2/t19-/m1/s1. The lowest BCUT2D eigenvalue weighted by Crippen LogP contribution is -2.10. The number of hydrogen-bond donors (Lipinski definition) is 1. The van der Waals surface area contributed by atoms with Gasteiger partial charge in [-0.3, -0.25) is 4.98 Å². The van der Waals surface area contributed by atoms with E-state index in [2.05, 4.69) is 80.8 Å². The van der Waals surface area contributed by atoms with Gasteiger partial charge in [-0.25, -0.2) is 0 Å². The molecule has 2 aromatic carbocycles. The largest absolute Gasteiger partial charge is 0.385 e. The van der Waals surface area contributed by atoms with Gasteiger partial charge in [0.05, 0.1) is 0 Å². The van der Waals surface area contributed by atoms with Crippen molar-refractivity contribution in [2.45, 2.75) is 12.3 Å². The number of hydrogen-bond acceptors (Lipinski definition) is 2. The molecule has 23 heavy (non-hydrogen) atoms. The van der Waals surface area contributed by atoms with E-state index in [0.29, 0.717) is 5.92 Å². The van der Waals surface area contributed by atoms with Crippen molar-refractivity contribution in [1.29, 1.82) is 0 Å². The average molecular weight is 367 g/mol. The van der Waals surface area contributed by atoms with Crippen LogP contribution in [0.25, 0.3) is 0 Å². The van der Waals surface area contributed by atoms with E-state index in [-0.39, 0.29) is 0 Å². The fourth-order valence-electron chi connectivity index (χ4n) is 2.71. The molecule has 116 valence electrons. The molecule has 0 amide bonds. The number of benzene rings is 2. The third kappa shape index (κ3) is 4.42. The van der Waals surface area contributed by atoms with E-state index in [1.165, 1.54) is 5.56 Å². The number of aromatic nitrogens is 1. The van der Waals surface area contributed by atoms with E-state index in [1.807, 2.05) is 24.4 Å². The molecule has 0 saturated carbocycles. The number of anilines is 1. The molecule has 3 rings (SSSR count). The Morgan fingerprint density at radius 1 is 0.913 bits per heavy atom. The summed E-state index contributed by atoms with van der Waals surface area (Å²) in [5.41, 5.74) is 3.56. The zero-order valence-corrected chi connectivity index (χ0v) is 14.4. The minimum atomic E-state index is 0.303. The monoisotopic (exact) mass is 366 g/mol. The summed E-state index contributed by atoms with van der Waals surface area (Å²) in [5.74, 6) is 0.303. The van der Waals surface area contributed by atoms with Crippen LogP contribution in [0.1, 0.15) is 23.6 Å². The van der Waals surface area contributed by atoms with Crippen molar-refractivity contribution in [3.8, 4) is 0 Å². The maximum atomic E-state index is 4.56. The van der Waals surface area contributed by atoms with Crippen LogP contribution in [0.2, 0.25) is 0 Å². The van der Waals surface area contributed by atoms with Crippen LogP contribution in [0, 0.1) is 0 Å². The Kier molecular flexibility index (Phi) is 5.43. The Morgan fingerprint density at radius 2 is 1.74 bits per heavy atom. The van der Waals surface area contributed by atoms with Crippen LogP contribution in [-0.4, -0.2) is 11.5 Å². The highest BCUT2D eigenvalue weighted by Crippen LogP contribution is 2.26. The maximum absolute atomic E-state index is 4.56. The summed E-state index contributed by atoms with van der Waals surface area (Å²) in [4.78, 5) is 4.56. The fraction of sp³-hybridized carbons (Fsp3) is 0.150. The number of nitrogens with zero attached hydrogens (tertiary/aromatic N) is 1. The van der Waals surface area contributed by atoms with Crippen LogP contribution in [-0.2, 0) is 0 Å². The van der Waals surface area contributed by atoms with Gasteiger partial charge < -0.3 is 5.32 Å². The van der Waals surface area contributed by atoms with Gasteiger partial charge in [-0.1, -0.05) is 58.4 Å². The van der Waals surface area contributed by atoms with E-state index in [1.54, 1.807) is 0 Å². The van der Waals surface area contributed by atoms with Gasteiger partial charge in [0.25, 0.3) is 0 Å². The summed E-state index contributed by atoms with van der Waals surface area (Å²) >= 11 is 3.51. The Hall–Kier alpha value is -2.13. The topological polar surface area (TPSA) is 24.9 Å². The molecule has 0 aliphatic rings. The second-order valence-corrected chi connectivity index (χ2v) is 6.36. The van der Waals surface area contributed by atoms with E-state index >= 15 is 0 Å². The van der Waals surface area contributed by atoms with Gasteiger partial charge in [-0.05, 0) is 42.3 Å². The molecule has 1 atom stereocenters. The summed E-state index contributed by atoms with van der Waals surface area (Å²) in [6.45, 7) is 0.895. The zero-order chi connectivity index (χ0) is 15.9. The molecule has 0 spiro atoms. The molecule has 0 radical (unpaired) electrons. The number of nitrogens with one attached hydrogen (secondary N) is 1. The third-order valence-corrected chi connectivity index (χ3v) is 4.33. The molecule has 0 fully saturated rings. The van der Waals surface area contributed by atoms with E-state index in [0.717, 1.165) is 28.8 Å². The van der Waals surface area contributed by atoms with E-state index < -0.39 is 0 Å². The summed E-state index contributed by atoms with van der Waals surface area (Å²) in [5, 5.41) is 3.50. The molecular weight excluding hydrogens is 348 g/mol. The Morgan fingerprint density at radius 3 is 2.48 bits per heavy atom. The number of rotatable bonds is 6. The predicted octanol–water partition coefficient (Wildman–Crippen LogP) is 5.48. The summed E-state index contributed by atoms with van der Waals surface area (Å²) in [6, 6.07) is 25.0. The first-order valence-electron chi connectivity index (χ1n) is 7.78. The first kappa shape index (κ1) is 15.8. The molecule has 1 aromatic heterocycles. The minimum Gasteiger partial charge on any atom is -0.385 e. The van der Waals surface area contributed by atoms with Crippen molar-refractivity contribution in [2.75, 3.05) is 11.9 Å². The van der Waals surface area contributed by atoms with Gasteiger partial charge in [-0.2, -0.15) is 0 Å². The van der Waals surface area contributed by atoms with Crippen LogP contribution in [0.5, 0.6) is 0 Å². The lowest BCUT2D eigenvalue weighted by molar-refractivity contribution is 0.722. The van der Waals surface area contributed by atoms with Gasteiger partial charge in [0.15, 0.2) is 0 Å². The van der Waals surface area contributed by atoms with Crippen molar-refractivity contribution in [3.63, 3.8) is 0 Å². The molecule has 0 aliphatic carbocycles. The molecule has 2 nitrogen and oxygen atoms in total. The maximum Gasteiger partial charge on any atom is 0.0479 e. The highest BCUT2D eigenvalue weighted by Gasteiger charge is 2.14.